The van der Waals surface area contributed by atoms with E-state index in [4.69, 9.17) is 4.74 Å². The first-order valence-corrected chi connectivity index (χ1v) is 5.05. The summed E-state index contributed by atoms with van der Waals surface area (Å²) >= 11 is 0. The van der Waals surface area contributed by atoms with E-state index in [0.717, 1.165) is 6.07 Å². The zero-order valence-electron chi connectivity index (χ0n) is 8.55. The number of hydrogen-bond donors (Lipinski definition) is 1. The van der Waals surface area contributed by atoms with Crippen molar-refractivity contribution in [2.24, 2.45) is 0 Å². The lowest BCUT2D eigenvalue weighted by Gasteiger charge is -2.24. The van der Waals surface area contributed by atoms with Crippen LogP contribution in [-0.2, 0) is 10.9 Å². The Morgan fingerprint density at radius 1 is 1.31 bits per heavy atom. The van der Waals surface area contributed by atoms with Gasteiger partial charge in [-0.25, -0.2) is 0 Å². The van der Waals surface area contributed by atoms with Crippen molar-refractivity contribution in [3.63, 3.8) is 0 Å². The molecule has 1 aliphatic rings. The molecule has 2 nitrogen and oxygen atoms in total. The summed E-state index contributed by atoms with van der Waals surface area (Å²) in [7, 11) is 0. The number of nitrogens with one attached hydrogen (secondary N) is 1. The van der Waals surface area contributed by atoms with Gasteiger partial charge >= 0.3 is 6.18 Å². The maximum Gasteiger partial charge on any atom is 0.416 e. The maximum atomic E-state index is 12.5. The average Bonchev–Trinajstić information content (AvgIpc) is 2.29. The van der Waals surface area contributed by atoms with Gasteiger partial charge in [0.15, 0.2) is 0 Å². The fourth-order valence-electron chi connectivity index (χ4n) is 1.71. The zero-order chi connectivity index (χ0) is 11.6. The molecular formula is C11H12F3NO. The molecule has 0 bridgehead atoms. The van der Waals surface area contributed by atoms with E-state index in [2.05, 4.69) is 5.32 Å². The maximum absolute atomic E-state index is 12.5. The van der Waals surface area contributed by atoms with Crippen LogP contribution in [0.1, 0.15) is 17.2 Å². The van der Waals surface area contributed by atoms with Crippen molar-refractivity contribution >= 4 is 0 Å². The molecule has 2 rings (SSSR count). The third-order valence-corrected chi connectivity index (χ3v) is 2.54. The van der Waals surface area contributed by atoms with Crippen LogP contribution in [0, 0.1) is 0 Å². The van der Waals surface area contributed by atoms with Gasteiger partial charge in [-0.15, -0.1) is 0 Å². The van der Waals surface area contributed by atoms with Crippen molar-refractivity contribution in [2.75, 3.05) is 19.8 Å². The highest BCUT2D eigenvalue weighted by atomic mass is 19.4. The van der Waals surface area contributed by atoms with Gasteiger partial charge in [0.25, 0.3) is 0 Å². The second-order valence-electron chi connectivity index (χ2n) is 3.70. The number of morpholine rings is 1. The van der Waals surface area contributed by atoms with E-state index in [1.165, 1.54) is 12.1 Å². The number of rotatable bonds is 1. The molecule has 0 spiro atoms. The Bertz CT molecular complexity index is 358. The largest absolute Gasteiger partial charge is 0.416 e. The molecule has 1 aromatic rings. The van der Waals surface area contributed by atoms with Gasteiger partial charge in [0.1, 0.15) is 0 Å². The second kappa shape index (κ2) is 4.43. The Morgan fingerprint density at radius 2 is 2.12 bits per heavy atom. The predicted octanol–water partition coefficient (Wildman–Crippen LogP) is 2.37. The predicted molar refractivity (Wildman–Crippen MR) is 53.0 cm³/mol. The molecule has 0 radical (unpaired) electrons. The molecule has 1 aliphatic heterocycles. The normalized spacial score (nSPS) is 22.1. The van der Waals surface area contributed by atoms with E-state index < -0.39 is 11.7 Å². The summed E-state index contributed by atoms with van der Waals surface area (Å²) in [4.78, 5) is 0. The average molecular weight is 231 g/mol. The fourth-order valence-corrected chi connectivity index (χ4v) is 1.71. The first kappa shape index (κ1) is 11.4. The number of halogens is 3. The van der Waals surface area contributed by atoms with E-state index in [1.807, 2.05) is 0 Å². The van der Waals surface area contributed by atoms with Crippen LogP contribution < -0.4 is 5.32 Å². The van der Waals surface area contributed by atoms with Crippen LogP contribution in [0.25, 0.3) is 0 Å². The lowest BCUT2D eigenvalue weighted by molar-refractivity contribution is -0.137. The van der Waals surface area contributed by atoms with E-state index in [-0.39, 0.29) is 6.04 Å². The monoisotopic (exact) mass is 231 g/mol. The van der Waals surface area contributed by atoms with Gasteiger partial charge in [-0.2, -0.15) is 13.2 Å². The van der Waals surface area contributed by atoms with Crippen molar-refractivity contribution in [2.45, 2.75) is 12.2 Å². The summed E-state index contributed by atoms with van der Waals surface area (Å²) in [6.45, 7) is 1.69. The van der Waals surface area contributed by atoms with Crippen LogP contribution in [0.15, 0.2) is 24.3 Å². The minimum atomic E-state index is -4.29. The highest BCUT2D eigenvalue weighted by Gasteiger charge is 2.31. The van der Waals surface area contributed by atoms with Crippen LogP contribution in [-0.4, -0.2) is 19.8 Å². The van der Waals surface area contributed by atoms with Gasteiger partial charge in [0.2, 0.25) is 0 Å². The lowest BCUT2D eigenvalue weighted by Crippen LogP contribution is -2.34. The summed E-state index contributed by atoms with van der Waals surface area (Å²) in [5.41, 5.74) is 0.00639. The topological polar surface area (TPSA) is 21.3 Å². The fraction of sp³-hybridized carbons (Fsp3) is 0.455. The molecule has 16 heavy (non-hydrogen) atoms. The van der Waals surface area contributed by atoms with Gasteiger partial charge in [-0.1, -0.05) is 12.1 Å². The van der Waals surface area contributed by atoms with Crippen molar-refractivity contribution < 1.29 is 17.9 Å². The number of alkyl halides is 3. The van der Waals surface area contributed by atoms with Crippen molar-refractivity contribution in [1.82, 2.24) is 5.32 Å². The van der Waals surface area contributed by atoms with Crippen LogP contribution in [0.2, 0.25) is 0 Å². The first-order valence-electron chi connectivity index (χ1n) is 5.05. The minimum Gasteiger partial charge on any atom is -0.378 e. The molecule has 88 valence electrons. The minimum absolute atomic E-state index is 0.143. The summed E-state index contributed by atoms with van der Waals surface area (Å²) in [5, 5.41) is 3.12. The van der Waals surface area contributed by atoms with Gasteiger partial charge in [-0.3, -0.25) is 0 Å². The molecule has 1 fully saturated rings. The Morgan fingerprint density at radius 3 is 2.75 bits per heavy atom. The summed E-state index contributed by atoms with van der Waals surface area (Å²) in [6.07, 6.45) is -4.29. The second-order valence-corrected chi connectivity index (χ2v) is 3.70. The van der Waals surface area contributed by atoms with Crippen molar-refractivity contribution in [3.8, 4) is 0 Å². The SMILES string of the molecule is FC(F)(F)c1cccc([C@H]2COCCN2)c1. The number of benzene rings is 1. The van der Waals surface area contributed by atoms with Gasteiger partial charge in [-0.05, 0) is 17.7 Å². The van der Waals surface area contributed by atoms with E-state index in [0.29, 0.717) is 25.3 Å². The summed E-state index contributed by atoms with van der Waals surface area (Å²) < 4.78 is 42.7. The number of ether oxygens (including phenoxy) is 1. The Labute approximate surface area is 91.4 Å². The molecule has 0 aromatic heterocycles. The van der Waals surface area contributed by atoms with E-state index >= 15 is 0 Å². The lowest BCUT2D eigenvalue weighted by atomic mass is 10.0. The summed E-state index contributed by atoms with van der Waals surface area (Å²) in [6, 6.07) is 5.21. The third kappa shape index (κ3) is 2.54. The summed E-state index contributed by atoms with van der Waals surface area (Å²) in [5.74, 6) is 0. The quantitative estimate of drug-likeness (QED) is 0.801. The van der Waals surface area contributed by atoms with Gasteiger partial charge < -0.3 is 10.1 Å². The molecular weight excluding hydrogens is 219 g/mol. The molecule has 1 atom stereocenters. The van der Waals surface area contributed by atoms with E-state index in [1.54, 1.807) is 6.07 Å². The molecule has 0 amide bonds. The smallest absolute Gasteiger partial charge is 0.378 e. The van der Waals surface area contributed by atoms with Crippen LogP contribution >= 0.6 is 0 Å². The molecule has 1 N–H and O–H groups in total. The Hall–Kier alpha value is -1.07. The Kier molecular flexibility index (Phi) is 3.16. The molecule has 1 heterocycles. The van der Waals surface area contributed by atoms with Crippen molar-refractivity contribution in [3.05, 3.63) is 35.4 Å². The van der Waals surface area contributed by atoms with Crippen LogP contribution in [0.4, 0.5) is 13.2 Å². The Balaban J connectivity index is 2.21. The molecule has 0 saturated carbocycles. The van der Waals surface area contributed by atoms with E-state index in [9.17, 15) is 13.2 Å². The number of hydrogen-bond acceptors (Lipinski definition) is 2. The molecule has 1 aromatic carbocycles. The first-order chi connectivity index (χ1) is 7.57. The molecule has 0 unspecified atom stereocenters. The highest BCUT2D eigenvalue weighted by Crippen LogP contribution is 2.30. The standard InChI is InChI=1S/C11H12F3NO/c12-11(13,14)9-3-1-2-8(6-9)10-7-16-5-4-15-10/h1-3,6,10,15H,4-5,7H2/t10-/m1/s1. The molecule has 1 saturated heterocycles. The molecule has 5 heteroatoms. The molecule has 0 aliphatic carbocycles. The third-order valence-electron chi connectivity index (χ3n) is 2.54. The van der Waals surface area contributed by atoms with Crippen LogP contribution in [0.3, 0.4) is 0 Å². The zero-order valence-corrected chi connectivity index (χ0v) is 8.55. The van der Waals surface area contributed by atoms with Gasteiger partial charge in [0, 0.05) is 6.54 Å². The highest BCUT2D eigenvalue weighted by molar-refractivity contribution is 5.28. The van der Waals surface area contributed by atoms with Gasteiger partial charge in [0.05, 0.1) is 24.8 Å². The van der Waals surface area contributed by atoms with Crippen molar-refractivity contribution in [1.29, 1.82) is 0 Å². The van der Waals surface area contributed by atoms with Crippen LogP contribution in [0.5, 0.6) is 0 Å².